The molecule has 0 amide bonds. The summed E-state index contributed by atoms with van der Waals surface area (Å²) in [6.45, 7) is 10.3. The van der Waals surface area contributed by atoms with Gasteiger partial charge < -0.3 is 0 Å². The lowest BCUT2D eigenvalue weighted by molar-refractivity contribution is 0.732. The van der Waals surface area contributed by atoms with Crippen LogP contribution in [0.1, 0.15) is 27.2 Å². The fourth-order valence-electron chi connectivity index (χ4n) is 0.788. The third-order valence-electron chi connectivity index (χ3n) is 1.41. The molecular formula is C8H15. The van der Waals surface area contributed by atoms with E-state index in [0.29, 0.717) is 5.92 Å². The quantitative estimate of drug-likeness (QED) is 0.514. The second-order valence-corrected chi connectivity index (χ2v) is 2.29. The maximum Gasteiger partial charge on any atom is -0.0260 e. The minimum Gasteiger partial charge on any atom is -0.0848 e. The van der Waals surface area contributed by atoms with Gasteiger partial charge in [0.05, 0.1) is 0 Å². The van der Waals surface area contributed by atoms with Crippen LogP contribution >= 0.6 is 0 Å². The Balaban J connectivity index is 3.72. The summed E-state index contributed by atoms with van der Waals surface area (Å²) in [6, 6.07) is 0. The number of rotatable bonds is 2. The third kappa shape index (κ3) is 2.15. The SMILES string of the molecule is [CH2]/C=C(\CC)C(C)C. The summed E-state index contributed by atoms with van der Waals surface area (Å²) in [4.78, 5) is 0. The first-order chi connectivity index (χ1) is 3.72. The molecule has 0 spiro atoms. The molecule has 0 aromatic heterocycles. The smallest absolute Gasteiger partial charge is 0.0260 e. The average molecular weight is 111 g/mol. The van der Waals surface area contributed by atoms with E-state index in [0.717, 1.165) is 6.42 Å². The van der Waals surface area contributed by atoms with Crippen molar-refractivity contribution in [3.05, 3.63) is 18.6 Å². The summed E-state index contributed by atoms with van der Waals surface area (Å²) in [5.74, 6) is 0.678. The molecule has 0 unspecified atom stereocenters. The molecule has 0 bridgehead atoms. The van der Waals surface area contributed by atoms with E-state index >= 15 is 0 Å². The maximum absolute atomic E-state index is 3.72. The topological polar surface area (TPSA) is 0 Å². The van der Waals surface area contributed by atoms with Crippen LogP contribution in [0, 0.1) is 12.8 Å². The Kier molecular flexibility index (Phi) is 3.59. The summed E-state index contributed by atoms with van der Waals surface area (Å²) in [7, 11) is 0. The normalized spacial score (nSPS) is 12.9. The van der Waals surface area contributed by atoms with E-state index in [9.17, 15) is 0 Å². The van der Waals surface area contributed by atoms with E-state index in [-0.39, 0.29) is 0 Å². The van der Waals surface area contributed by atoms with Crippen molar-refractivity contribution >= 4 is 0 Å². The van der Waals surface area contributed by atoms with Gasteiger partial charge in [-0.1, -0.05) is 32.4 Å². The molecule has 0 saturated carbocycles. The monoisotopic (exact) mass is 111 g/mol. The van der Waals surface area contributed by atoms with Gasteiger partial charge in [-0.15, -0.1) is 0 Å². The lowest BCUT2D eigenvalue weighted by atomic mass is 10.0. The molecule has 0 aromatic rings. The van der Waals surface area contributed by atoms with Gasteiger partial charge in [-0.2, -0.15) is 0 Å². The molecule has 47 valence electrons. The molecule has 0 aromatic carbocycles. The molecule has 0 N–H and O–H groups in total. The van der Waals surface area contributed by atoms with Crippen molar-refractivity contribution in [1.29, 1.82) is 0 Å². The van der Waals surface area contributed by atoms with E-state index in [1.165, 1.54) is 5.57 Å². The highest BCUT2D eigenvalue weighted by molar-refractivity contribution is 5.05. The van der Waals surface area contributed by atoms with Gasteiger partial charge in [0.2, 0.25) is 0 Å². The predicted molar refractivity (Wildman–Crippen MR) is 38.6 cm³/mol. The third-order valence-corrected chi connectivity index (χ3v) is 1.41. The molecule has 0 nitrogen and oxygen atoms in total. The van der Waals surface area contributed by atoms with Crippen LogP contribution in [-0.4, -0.2) is 0 Å². The van der Waals surface area contributed by atoms with Crippen LogP contribution in [0.4, 0.5) is 0 Å². The van der Waals surface area contributed by atoms with Gasteiger partial charge in [0.25, 0.3) is 0 Å². The minimum atomic E-state index is 0.678. The summed E-state index contributed by atoms with van der Waals surface area (Å²) in [5.41, 5.74) is 1.45. The highest BCUT2D eigenvalue weighted by Gasteiger charge is 1.95. The van der Waals surface area contributed by atoms with Crippen molar-refractivity contribution in [2.45, 2.75) is 27.2 Å². The van der Waals surface area contributed by atoms with E-state index < -0.39 is 0 Å². The van der Waals surface area contributed by atoms with Crippen LogP contribution in [0.5, 0.6) is 0 Å². The highest BCUT2D eigenvalue weighted by atomic mass is 14.0. The summed E-state index contributed by atoms with van der Waals surface area (Å²) in [6.07, 6.45) is 3.10. The van der Waals surface area contributed by atoms with Crippen LogP contribution in [-0.2, 0) is 0 Å². The Morgan fingerprint density at radius 1 is 1.62 bits per heavy atom. The second kappa shape index (κ2) is 3.71. The lowest BCUT2D eigenvalue weighted by Gasteiger charge is -2.05. The highest BCUT2D eigenvalue weighted by Crippen LogP contribution is 2.11. The van der Waals surface area contributed by atoms with Gasteiger partial charge in [0.1, 0.15) is 0 Å². The van der Waals surface area contributed by atoms with Crippen LogP contribution in [0.3, 0.4) is 0 Å². The van der Waals surface area contributed by atoms with Gasteiger partial charge in [0.15, 0.2) is 0 Å². The van der Waals surface area contributed by atoms with Crippen molar-refractivity contribution in [2.24, 2.45) is 5.92 Å². The van der Waals surface area contributed by atoms with Crippen molar-refractivity contribution in [1.82, 2.24) is 0 Å². The van der Waals surface area contributed by atoms with Gasteiger partial charge >= 0.3 is 0 Å². The average Bonchev–Trinajstić information content (AvgIpc) is 1.69. The molecule has 1 radical (unpaired) electrons. The fraction of sp³-hybridized carbons (Fsp3) is 0.625. The van der Waals surface area contributed by atoms with Gasteiger partial charge in [-0.3, -0.25) is 0 Å². The second-order valence-electron chi connectivity index (χ2n) is 2.29. The van der Waals surface area contributed by atoms with Crippen LogP contribution in [0.2, 0.25) is 0 Å². The van der Waals surface area contributed by atoms with Crippen molar-refractivity contribution in [2.75, 3.05) is 0 Å². The Bertz CT molecular complexity index is 78.0. The number of hydrogen-bond acceptors (Lipinski definition) is 0. The van der Waals surface area contributed by atoms with E-state index in [4.69, 9.17) is 0 Å². The summed E-state index contributed by atoms with van der Waals surface area (Å²) in [5, 5.41) is 0. The Labute approximate surface area is 52.6 Å². The minimum absolute atomic E-state index is 0.678. The molecule has 0 heteroatoms. The fourth-order valence-corrected chi connectivity index (χ4v) is 0.788. The van der Waals surface area contributed by atoms with Gasteiger partial charge in [0, 0.05) is 0 Å². The van der Waals surface area contributed by atoms with Crippen molar-refractivity contribution in [3.63, 3.8) is 0 Å². The Morgan fingerprint density at radius 3 is 2.12 bits per heavy atom. The van der Waals surface area contributed by atoms with Crippen molar-refractivity contribution < 1.29 is 0 Å². The molecule has 0 aliphatic heterocycles. The molecule has 0 aliphatic carbocycles. The molecule has 0 atom stereocenters. The van der Waals surface area contributed by atoms with E-state index in [1.807, 2.05) is 6.08 Å². The lowest BCUT2D eigenvalue weighted by Crippen LogP contribution is -1.90. The first-order valence-corrected chi connectivity index (χ1v) is 3.20. The Morgan fingerprint density at radius 2 is 2.12 bits per heavy atom. The van der Waals surface area contributed by atoms with E-state index in [2.05, 4.69) is 27.7 Å². The molecule has 0 saturated heterocycles. The standard InChI is InChI=1S/C8H15/c1-5-8(6-2)7(3)4/h5,7H,1,6H2,2-4H3/b8-5+. The van der Waals surface area contributed by atoms with Crippen LogP contribution < -0.4 is 0 Å². The Hall–Kier alpha value is -0.260. The largest absolute Gasteiger partial charge is 0.0848 e. The maximum atomic E-state index is 3.72. The van der Waals surface area contributed by atoms with Crippen LogP contribution in [0.25, 0.3) is 0 Å². The molecule has 0 fully saturated rings. The zero-order valence-electron chi connectivity index (χ0n) is 6.07. The molecule has 8 heavy (non-hydrogen) atoms. The van der Waals surface area contributed by atoms with Crippen LogP contribution in [0.15, 0.2) is 11.6 Å². The summed E-state index contributed by atoms with van der Waals surface area (Å²) < 4.78 is 0. The van der Waals surface area contributed by atoms with Crippen molar-refractivity contribution in [3.8, 4) is 0 Å². The van der Waals surface area contributed by atoms with E-state index in [1.54, 1.807) is 0 Å². The first-order valence-electron chi connectivity index (χ1n) is 3.20. The molecular weight excluding hydrogens is 96.1 g/mol. The number of allylic oxidation sites excluding steroid dienone is 2. The summed E-state index contributed by atoms with van der Waals surface area (Å²) >= 11 is 0. The van der Waals surface area contributed by atoms with Gasteiger partial charge in [-0.25, -0.2) is 0 Å². The predicted octanol–water partition coefficient (Wildman–Crippen LogP) is 2.81. The zero-order valence-corrected chi connectivity index (χ0v) is 6.07. The van der Waals surface area contributed by atoms with Gasteiger partial charge in [-0.05, 0) is 19.3 Å². The first kappa shape index (κ1) is 7.74. The zero-order chi connectivity index (χ0) is 6.57. The molecule has 0 aliphatic rings. The number of hydrogen-bond donors (Lipinski definition) is 0. The molecule has 0 heterocycles. The molecule has 0 rings (SSSR count).